The highest BCUT2D eigenvalue weighted by Crippen LogP contribution is 2.29. The van der Waals surface area contributed by atoms with Crippen LogP contribution in [-0.4, -0.2) is 15.5 Å². The smallest absolute Gasteiger partial charge is 0.283 e. The standard InChI is InChI=1S/C15H18BrN3O2/c1-11(2)17-9-13-6-4-8-18(13)10-12-5-3-7-14(15(12)16)19(20)21/h3-8,11,17H,9-10H2,1-2H3. The number of nitro groups is 1. The molecule has 112 valence electrons. The summed E-state index contributed by atoms with van der Waals surface area (Å²) in [5, 5.41) is 14.4. The summed E-state index contributed by atoms with van der Waals surface area (Å²) < 4.78 is 2.64. The van der Waals surface area contributed by atoms with E-state index in [1.807, 2.05) is 18.3 Å². The molecule has 1 heterocycles. The van der Waals surface area contributed by atoms with E-state index in [9.17, 15) is 10.1 Å². The van der Waals surface area contributed by atoms with Crippen molar-refractivity contribution < 1.29 is 4.92 Å². The molecule has 0 saturated heterocycles. The highest BCUT2D eigenvalue weighted by molar-refractivity contribution is 9.10. The van der Waals surface area contributed by atoms with E-state index < -0.39 is 0 Å². The van der Waals surface area contributed by atoms with Crippen LogP contribution in [0.5, 0.6) is 0 Å². The minimum Gasteiger partial charge on any atom is -0.346 e. The Hall–Kier alpha value is -1.66. The molecule has 0 bridgehead atoms. The predicted octanol–water partition coefficient (Wildman–Crippen LogP) is 3.71. The van der Waals surface area contributed by atoms with E-state index in [-0.39, 0.29) is 10.6 Å². The van der Waals surface area contributed by atoms with Crippen LogP contribution in [0.4, 0.5) is 5.69 Å². The summed E-state index contributed by atoms with van der Waals surface area (Å²) in [4.78, 5) is 10.6. The number of hydrogen-bond acceptors (Lipinski definition) is 3. The van der Waals surface area contributed by atoms with Crippen LogP contribution < -0.4 is 5.32 Å². The molecule has 0 radical (unpaired) electrons. The zero-order chi connectivity index (χ0) is 15.4. The van der Waals surface area contributed by atoms with Crippen LogP contribution in [0.3, 0.4) is 0 Å². The highest BCUT2D eigenvalue weighted by Gasteiger charge is 2.15. The van der Waals surface area contributed by atoms with E-state index in [0.717, 1.165) is 17.8 Å². The number of nitro benzene ring substituents is 1. The number of hydrogen-bond donors (Lipinski definition) is 1. The van der Waals surface area contributed by atoms with Crippen LogP contribution in [0.1, 0.15) is 25.1 Å². The van der Waals surface area contributed by atoms with Crippen LogP contribution >= 0.6 is 15.9 Å². The number of nitrogens with zero attached hydrogens (tertiary/aromatic N) is 2. The number of aromatic nitrogens is 1. The van der Waals surface area contributed by atoms with Crippen molar-refractivity contribution in [1.82, 2.24) is 9.88 Å². The van der Waals surface area contributed by atoms with Crippen LogP contribution in [0.15, 0.2) is 41.0 Å². The molecule has 1 N–H and O–H groups in total. The van der Waals surface area contributed by atoms with Crippen molar-refractivity contribution in [2.45, 2.75) is 33.0 Å². The van der Waals surface area contributed by atoms with Crippen molar-refractivity contribution in [1.29, 1.82) is 0 Å². The quantitative estimate of drug-likeness (QED) is 0.637. The molecular formula is C15H18BrN3O2. The van der Waals surface area contributed by atoms with E-state index in [4.69, 9.17) is 0 Å². The fraction of sp³-hybridized carbons (Fsp3) is 0.333. The van der Waals surface area contributed by atoms with Crippen LogP contribution in [-0.2, 0) is 13.1 Å². The third-order valence-electron chi connectivity index (χ3n) is 3.21. The molecule has 21 heavy (non-hydrogen) atoms. The summed E-state index contributed by atoms with van der Waals surface area (Å²) >= 11 is 3.34. The molecule has 1 aromatic heterocycles. The van der Waals surface area contributed by atoms with E-state index in [0.29, 0.717) is 17.1 Å². The first kappa shape index (κ1) is 15.7. The van der Waals surface area contributed by atoms with Gasteiger partial charge in [-0.3, -0.25) is 10.1 Å². The van der Waals surface area contributed by atoms with Gasteiger partial charge in [0.1, 0.15) is 4.47 Å². The molecule has 0 aliphatic heterocycles. The van der Waals surface area contributed by atoms with E-state index in [1.54, 1.807) is 6.07 Å². The Morgan fingerprint density at radius 3 is 2.76 bits per heavy atom. The average molecular weight is 352 g/mol. The Balaban J connectivity index is 2.21. The lowest BCUT2D eigenvalue weighted by molar-refractivity contribution is -0.385. The Bertz CT molecular complexity index is 638. The molecule has 0 aliphatic rings. The zero-order valence-corrected chi connectivity index (χ0v) is 13.6. The second kappa shape index (κ2) is 6.87. The van der Waals surface area contributed by atoms with Gasteiger partial charge < -0.3 is 9.88 Å². The van der Waals surface area contributed by atoms with Gasteiger partial charge in [0.05, 0.1) is 4.92 Å². The van der Waals surface area contributed by atoms with E-state index in [1.165, 1.54) is 6.07 Å². The van der Waals surface area contributed by atoms with Gasteiger partial charge in [0, 0.05) is 37.1 Å². The summed E-state index contributed by atoms with van der Waals surface area (Å²) in [6, 6.07) is 9.58. The minimum atomic E-state index is -0.371. The Morgan fingerprint density at radius 1 is 1.33 bits per heavy atom. The molecular weight excluding hydrogens is 334 g/mol. The van der Waals surface area contributed by atoms with E-state index >= 15 is 0 Å². The Kier molecular flexibility index (Phi) is 5.14. The third-order valence-corrected chi connectivity index (χ3v) is 4.13. The maximum atomic E-state index is 11.0. The molecule has 0 amide bonds. The van der Waals surface area contributed by atoms with Gasteiger partial charge in [-0.25, -0.2) is 0 Å². The molecule has 5 nitrogen and oxygen atoms in total. The summed E-state index contributed by atoms with van der Waals surface area (Å²) in [5.74, 6) is 0. The van der Waals surface area contributed by atoms with Crippen molar-refractivity contribution in [3.63, 3.8) is 0 Å². The predicted molar refractivity (Wildman–Crippen MR) is 86.3 cm³/mol. The minimum absolute atomic E-state index is 0.0986. The van der Waals surface area contributed by atoms with Gasteiger partial charge >= 0.3 is 0 Å². The second-order valence-electron chi connectivity index (χ2n) is 5.17. The fourth-order valence-electron chi connectivity index (χ4n) is 2.09. The highest BCUT2D eigenvalue weighted by atomic mass is 79.9. The first-order valence-corrected chi connectivity index (χ1v) is 7.57. The van der Waals surface area contributed by atoms with Crippen molar-refractivity contribution >= 4 is 21.6 Å². The first-order chi connectivity index (χ1) is 9.99. The summed E-state index contributed by atoms with van der Waals surface area (Å²) in [6.45, 7) is 5.58. The number of rotatable bonds is 6. The van der Waals surface area contributed by atoms with Gasteiger partial charge in [-0.2, -0.15) is 0 Å². The van der Waals surface area contributed by atoms with E-state index in [2.05, 4.69) is 45.7 Å². The monoisotopic (exact) mass is 351 g/mol. The van der Waals surface area contributed by atoms with Gasteiger partial charge in [-0.15, -0.1) is 0 Å². The Morgan fingerprint density at radius 2 is 2.10 bits per heavy atom. The van der Waals surface area contributed by atoms with Crippen LogP contribution in [0, 0.1) is 10.1 Å². The van der Waals surface area contributed by atoms with Crippen molar-refractivity contribution in [3.8, 4) is 0 Å². The number of halogens is 1. The van der Waals surface area contributed by atoms with Gasteiger partial charge in [-0.05, 0) is 33.6 Å². The van der Waals surface area contributed by atoms with Gasteiger partial charge in [0.25, 0.3) is 5.69 Å². The molecule has 2 rings (SSSR count). The SMILES string of the molecule is CC(C)NCc1cccn1Cc1cccc([N+](=O)[O-])c1Br. The zero-order valence-electron chi connectivity index (χ0n) is 12.0. The second-order valence-corrected chi connectivity index (χ2v) is 5.96. The van der Waals surface area contributed by atoms with Crippen molar-refractivity contribution in [2.24, 2.45) is 0 Å². The molecule has 2 aromatic rings. The summed E-state index contributed by atoms with van der Waals surface area (Å²) in [6.07, 6.45) is 1.99. The van der Waals surface area contributed by atoms with Gasteiger partial charge in [0.2, 0.25) is 0 Å². The van der Waals surface area contributed by atoms with Crippen LogP contribution in [0.2, 0.25) is 0 Å². The average Bonchev–Trinajstić information content (AvgIpc) is 2.85. The Labute approximate surface area is 132 Å². The molecule has 1 aromatic carbocycles. The molecule has 0 fully saturated rings. The molecule has 0 unspecified atom stereocenters. The molecule has 0 atom stereocenters. The summed E-state index contributed by atoms with van der Waals surface area (Å²) in [5.41, 5.74) is 2.15. The fourth-order valence-corrected chi connectivity index (χ4v) is 2.62. The molecule has 0 spiro atoms. The maximum absolute atomic E-state index is 11.0. The first-order valence-electron chi connectivity index (χ1n) is 6.78. The van der Waals surface area contributed by atoms with Crippen LogP contribution in [0.25, 0.3) is 0 Å². The van der Waals surface area contributed by atoms with Crippen molar-refractivity contribution in [2.75, 3.05) is 0 Å². The number of nitrogens with one attached hydrogen (secondary N) is 1. The largest absolute Gasteiger partial charge is 0.346 e. The third kappa shape index (κ3) is 3.92. The summed E-state index contributed by atoms with van der Waals surface area (Å²) in [7, 11) is 0. The molecule has 6 heteroatoms. The molecule has 0 saturated carbocycles. The topological polar surface area (TPSA) is 60.1 Å². The van der Waals surface area contributed by atoms with Gasteiger partial charge in [0.15, 0.2) is 0 Å². The number of benzene rings is 1. The van der Waals surface area contributed by atoms with Crippen molar-refractivity contribution in [3.05, 3.63) is 62.4 Å². The lowest BCUT2D eigenvalue weighted by Crippen LogP contribution is -2.23. The van der Waals surface area contributed by atoms with Gasteiger partial charge in [-0.1, -0.05) is 26.0 Å². The lowest BCUT2D eigenvalue weighted by Gasteiger charge is -2.13. The maximum Gasteiger partial charge on any atom is 0.283 e. The molecule has 0 aliphatic carbocycles. The normalized spacial score (nSPS) is 11.0. The lowest BCUT2D eigenvalue weighted by atomic mass is 10.2.